The van der Waals surface area contributed by atoms with Crippen LogP contribution in [0.3, 0.4) is 0 Å². The van der Waals surface area contributed by atoms with Gasteiger partial charge in [0.25, 0.3) is 5.69 Å². The molecule has 148 valence electrons. The maximum absolute atomic E-state index is 10.9. The predicted octanol–water partition coefficient (Wildman–Crippen LogP) is 3.77. The summed E-state index contributed by atoms with van der Waals surface area (Å²) in [5, 5.41) is 15.4. The van der Waals surface area contributed by atoms with E-state index in [9.17, 15) is 10.1 Å². The maximum atomic E-state index is 10.9. The molecule has 0 spiro atoms. The molecule has 0 atom stereocenters. The fraction of sp³-hybridized carbons (Fsp3) is 0.316. The predicted molar refractivity (Wildman–Crippen MR) is 114 cm³/mol. The van der Waals surface area contributed by atoms with Gasteiger partial charge in [-0.3, -0.25) is 15.0 Å². The number of methoxy groups -OCH3 is 1. The Bertz CT molecular complexity index is 855. The Morgan fingerprint density at radius 1 is 1.21 bits per heavy atom. The summed E-state index contributed by atoms with van der Waals surface area (Å²) in [6.45, 7) is 4.26. The minimum Gasteiger partial charge on any atom is -0.494 e. The molecule has 0 amide bonds. The van der Waals surface area contributed by atoms with Gasteiger partial charge in [-0.25, -0.2) is 0 Å². The van der Waals surface area contributed by atoms with Crippen molar-refractivity contribution in [2.24, 2.45) is 0 Å². The van der Waals surface area contributed by atoms with Crippen LogP contribution in [0.2, 0.25) is 5.02 Å². The van der Waals surface area contributed by atoms with Crippen molar-refractivity contribution >= 4 is 40.3 Å². The molecule has 1 heterocycles. The number of piperazine rings is 1. The summed E-state index contributed by atoms with van der Waals surface area (Å²) >= 11 is 11.5. The number of rotatable bonds is 5. The van der Waals surface area contributed by atoms with Crippen LogP contribution in [0.4, 0.5) is 11.4 Å². The van der Waals surface area contributed by atoms with Crippen molar-refractivity contribution in [3.63, 3.8) is 0 Å². The van der Waals surface area contributed by atoms with E-state index in [0.717, 1.165) is 37.7 Å². The fourth-order valence-electron chi connectivity index (χ4n) is 3.05. The molecule has 3 rings (SSSR count). The Kier molecular flexibility index (Phi) is 6.66. The quantitative estimate of drug-likeness (QED) is 0.448. The van der Waals surface area contributed by atoms with E-state index in [4.69, 9.17) is 28.6 Å². The van der Waals surface area contributed by atoms with Gasteiger partial charge in [0.1, 0.15) is 5.75 Å². The number of nitro benzene ring substituents is 1. The molecule has 7 nitrogen and oxygen atoms in total. The van der Waals surface area contributed by atoms with Crippen LogP contribution in [0.25, 0.3) is 0 Å². The molecule has 0 aliphatic carbocycles. The molecule has 0 radical (unpaired) electrons. The van der Waals surface area contributed by atoms with E-state index in [2.05, 4.69) is 15.1 Å². The molecule has 2 aromatic carbocycles. The van der Waals surface area contributed by atoms with Crippen LogP contribution in [-0.4, -0.2) is 53.1 Å². The Labute approximate surface area is 174 Å². The molecule has 2 aromatic rings. The summed E-state index contributed by atoms with van der Waals surface area (Å²) in [7, 11) is 1.48. The lowest BCUT2D eigenvalue weighted by Gasteiger charge is -2.36. The van der Waals surface area contributed by atoms with Crippen molar-refractivity contribution in [2.75, 3.05) is 38.6 Å². The van der Waals surface area contributed by atoms with Gasteiger partial charge in [0.05, 0.1) is 23.8 Å². The lowest BCUT2D eigenvalue weighted by molar-refractivity contribution is -0.384. The molecule has 0 saturated carbocycles. The van der Waals surface area contributed by atoms with Gasteiger partial charge >= 0.3 is 0 Å². The average Bonchev–Trinajstić information content (AvgIpc) is 2.70. The molecule has 0 bridgehead atoms. The number of anilines is 1. The summed E-state index contributed by atoms with van der Waals surface area (Å²) in [5.74, 6) is 0.387. The Morgan fingerprint density at radius 3 is 2.50 bits per heavy atom. The number of halogens is 1. The highest BCUT2D eigenvalue weighted by molar-refractivity contribution is 7.80. The first-order valence-corrected chi connectivity index (χ1v) is 9.60. The van der Waals surface area contributed by atoms with Gasteiger partial charge < -0.3 is 15.0 Å². The second-order valence-corrected chi connectivity index (χ2v) is 7.28. The number of nitrogens with one attached hydrogen (secondary N) is 1. The van der Waals surface area contributed by atoms with Gasteiger partial charge in [-0.2, -0.15) is 0 Å². The fourth-order valence-corrected chi connectivity index (χ4v) is 3.47. The zero-order valence-corrected chi connectivity index (χ0v) is 17.0. The molecule has 0 unspecified atom stereocenters. The van der Waals surface area contributed by atoms with Gasteiger partial charge in [0, 0.05) is 43.8 Å². The van der Waals surface area contributed by atoms with E-state index in [-0.39, 0.29) is 5.69 Å². The van der Waals surface area contributed by atoms with Gasteiger partial charge in [0.2, 0.25) is 0 Å². The third kappa shape index (κ3) is 5.09. The average molecular weight is 421 g/mol. The molecule has 1 N–H and O–H groups in total. The van der Waals surface area contributed by atoms with Crippen molar-refractivity contribution in [2.45, 2.75) is 6.54 Å². The largest absolute Gasteiger partial charge is 0.494 e. The zero-order valence-electron chi connectivity index (χ0n) is 15.4. The van der Waals surface area contributed by atoms with Crippen LogP contribution in [0, 0.1) is 10.1 Å². The first-order chi connectivity index (χ1) is 13.5. The topological polar surface area (TPSA) is 70.9 Å². The van der Waals surface area contributed by atoms with Crippen LogP contribution in [0.5, 0.6) is 5.75 Å². The molecule has 28 heavy (non-hydrogen) atoms. The molecule has 0 aromatic heterocycles. The monoisotopic (exact) mass is 420 g/mol. The highest BCUT2D eigenvalue weighted by atomic mass is 35.5. The number of ether oxygens (including phenoxy) is 1. The minimum atomic E-state index is -0.454. The van der Waals surface area contributed by atoms with Gasteiger partial charge in [-0.05, 0) is 36.0 Å². The standard InChI is InChI=1S/C19H21ClN4O3S/c1-27-18-12-16(24(25)26)6-7-17(18)21-19(28)23-10-8-22(9-11-23)13-14-2-4-15(20)5-3-14/h2-7,12H,8-11,13H2,1H3,(H,21,28). The number of nitro groups is 1. The number of hydrogen-bond donors (Lipinski definition) is 1. The van der Waals surface area contributed by atoms with Crippen molar-refractivity contribution < 1.29 is 9.66 Å². The van der Waals surface area contributed by atoms with E-state index < -0.39 is 4.92 Å². The Morgan fingerprint density at radius 2 is 1.89 bits per heavy atom. The summed E-state index contributed by atoms with van der Waals surface area (Å²) in [5.41, 5.74) is 1.82. The van der Waals surface area contributed by atoms with Crippen LogP contribution in [0.1, 0.15) is 5.56 Å². The third-order valence-corrected chi connectivity index (χ3v) is 5.23. The highest BCUT2D eigenvalue weighted by Gasteiger charge is 2.20. The van der Waals surface area contributed by atoms with E-state index in [1.807, 2.05) is 24.3 Å². The lowest BCUT2D eigenvalue weighted by Crippen LogP contribution is -2.49. The third-order valence-electron chi connectivity index (χ3n) is 4.62. The van der Waals surface area contributed by atoms with Crippen LogP contribution < -0.4 is 10.1 Å². The lowest BCUT2D eigenvalue weighted by atomic mass is 10.2. The van der Waals surface area contributed by atoms with Crippen molar-refractivity contribution in [1.29, 1.82) is 0 Å². The smallest absolute Gasteiger partial charge is 0.273 e. The van der Waals surface area contributed by atoms with Crippen LogP contribution in [-0.2, 0) is 6.54 Å². The zero-order chi connectivity index (χ0) is 20.1. The van der Waals surface area contributed by atoms with Crippen molar-refractivity contribution in [3.8, 4) is 5.75 Å². The summed E-state index contributed by atoms with van der Waals surface area (Å²) in [6, 6.07) is 12.3. The van der Waals surface area contributed by atoms with Crippen LogP contribution >= 0.6 is 23.8 Å². The number of thiocarbonyl (C=S) groups is 1. The molecule has 9 heteroatoms. The molecule has 1 saturated heterocycles. The molecule has 1 fully saturated rings. The van der Waals surface area contributed by atoms with Crippen LogP contribution in [0.15, 0.2) is 42.5 Å². The van der Waals surface area contributed by atoms with Gasteiger partial charge in [-0.1, -0.05) is 23.7 Å². The number of non-ortho nitro benzene ring substituents is 1. The van der Waals surface area contributed by atoms with E-state index in [0.29, 0.717) is 16.5 Å². The number of hydrogen-bond acceptors (Lipinski definition) is 5. The summed E-state index contributed by atoms with van der Waals surface area (Å²) < 4.78 is 5.25. The van der Waals surface area contributed by atoms with E-state index >= 15 is 0 Å². The first-order valence-electron chi connectivity index (χ1n) is 8.81. The van der Waals surface area contributed by atoms with E-state index in [1.54, 1.807) is 6.07 Å². The maximum Gasteiger partial charge on any atom is 0.273 e. The van der Waals surface area contributed by atoms with E-state index in [1.165, 1.54) is 24.8 Å². The van der Waals surface area contributed by atoms with Crippen molar-refractivity contribution in [3.05, 3.63) is 63.2 Å². The highest BCUT2D eigenvalue weighted by Crippen LogP contribution is 2.29. The summed E-state index contributed by atoms with van der Waals surface area (Å²) in [6.07, 6.45) is 0. The summed E-state index contributed by atoms with van der Waals surface area (Å²) in [4.78, 5) is 14.9. The Balaban J connectivity index is 1.55. The molecule has 1 aliphatic heterocycles. The molecular formula is C19H21ClN4O3S. The molecule has 1 aliphatic rings. The minimum absolute atomic E-state index is 0.0240. The SMILES string of the molecule is COc1cc([N+](=O)[O-])ccc1NC(=S)N1CCN(Cc2ccc(Cl)cc2)CC1. The number of nitrogens with zero attached hydrogens (tertiary/aromatic N) is 3. The second kappa shape index (κ2) is 9.18. The normalized spacial score (nSPS) is 14.6. The Hall–Kier alpha value is -2.42. The van der Waals surface area contributed by atoms with Gasteiger partial charge in [-0.15, -0.1) is 0 Å². The molecular weight excluding hydrogens is 400 g/mol. The van der Waals surface area contributed by atoms with Gasteiger partial charge in [0.15, 0.2) is 5.11 Å². The van der Waals surface area contributed by atoms with Crippen molar-refractivity contribution in [1.82, 2.24) is 9.80 Å². The second-order valence-electron chi connectivity index (χ2n) is 6.46. The number of benzene rings is 2. The first kappa shape index (κ1) is 20.3.